The minimum Gasteiger partial charge on any atom is -0.493 e. The van der Waals surface area contributed by atoms with Crippen LogP contribution in [0.2, 0.25) is 5.02 Å². The van der Waals surface area contributed by atoms with Crippen molar-refractivity contribution in [2.75, 3.05) is 32.2 Å². The number of nitrogens with one attached hydrogen (secondary N) is 1. The highest BCUT2D eigenvalue weighted by atomic mass is 35.5. The van der Waals surface area contributed by atoms with Gasteiger partial charge in [0.2, 0.25) is 11.8 Å². The number of rotatable bonds is 8. The summed E-state index contributed by atoms with van der Waals surface area (Å²) in [5.74, 6) is 1.64. The van der Waals surface area contributed by atoms with E-state index < -0.39 is 0 Å². The molecule has 1 aliphatic heterocycles. The molecule has 1 atom stereocenters. The second kappa shape index (κ2) is 10.4. The van der Waals surface area contributed by atoms with E-state index in [1.807, 2.05) is 25.1 Å². The molecule has 0 aliphatic carbocycles. The third kappa shape index (κ3) is 5.82. The molecule has 0 unspecified atom stereocenters. The van der Waals surface area contributed by atoms with Crippen molar-refractivity contribution in [2.24, 2.45) is 0 Å². The lowest BCUT2D eigenvalue weighted by Gasteiger charge is -2.33. The number of anilines is 1. The molecule has 1 N–H and O–H groups in total. The summed E-state index contributed by atoms with van der Waals surface area (Å²) in [7, 11) is 3.17. The highest BCUT2D eigenvalue weighted by Crippen LogP contribution is 2.36. The maximum Gasteiger partial charge on any atom is 0.227 e. The number of ether oxygens (including phenoxy) is 3. The molecule has 0 spiro atoms. The molecule has 2 aromatic rings. The zero-order valence-corrected chi connectivity index (χ0v) is 18.7. The van der Waals surface area contributed by atoms with Gasteiger partial charge in [-0.2, -0.15) is 0 Å². The van der Waals surface area contributed by atoms with Crippen LogP contribution in [0.1, 0.15) is 25.3 Å². The van der Waals surface area contributed by atoms with Crippen LogP contribution >= 0.6 is 11.6 Å². The number of fused-ring (bicyclic) bond motifs is 1. The maximum atomic E-state index is 12.8. The van der Waals surface area contributed by atoms with Gasteiger partial charge in [-0.15, -0.1) is 0 Å². The van der Waals surface area contributed by atoms with Crippen LogP contribution in [-0.4, -0.2) is 45.2 Å². The third-order valence-corrected chi connectivity index (χ3v) is 5.27. The monoisotopic (exact) mass is 446 g/mol. The number of benzene rings is 2. The summed E-state index contributed by atoms with van der Waals surface area (Å²) in [6.45, 7) is 2.79. The van der Waals surface area contributed by atoms with Gasteiger partial charge in [-0.25, -0.2) is 0 Å². The van der Waals surface area contributed by atoms with Gasteiger partial charge in [0.05, 0.1) is 26.5 Å². The van der Waals surface area contributed by atoms with Gasteiger partial charge in [0, 0.05) is 24.4 Å². The molecule has 2 amide bonds. The average molecular weight is 447 g/mol. The average Bonchev–Trinajstić information content (AvgIpc) is 2.77. The largest absolute Gasteiger partial charge is 0.493 e. The molecule has 2 aromatic carbocycles. The number of nitrogens with zero attached hydrogens (tertiary/aromatic N) is 1. The second-order valence-corrected chi connectivity index (χ2v) is 7.77. The van der Waals surface area contributed by atoms with Crippen LogP contribution in [0, 0.1) is 0 Å². The van der Waals surface area contributed by atoms with Crippen molar-refractivity contribution in [1.82, 2.24) is 5.32 Å². The Balaban J connectivity index is 1.49. The number of hydrogen-bond donors (Lipinski definition) is 1. The predicted molar refractivity (Wildman–Crippen MR) is 119 cm³/mol. The summed E-state index contributed by atoms with van der Waals surface area (Å²) >= 11 is 6.08. The number of hydrogen-bond acceptors (Lipinski definition) is 5. The number of carbonyl (C=O) groups excluding carboxylic acids is 2. The fraction of sp³-hybridized carbons (Fsp3) is 0.391. The predicted octanol–water partition coefficient (Wildman–Crippen LogP) is 3.61. The van der Waals surface area contributed by atoms with Crippen LogP contribution in [0.15, 0.2) is 36.4 Å². The van der Waals surface area contributed by atoms with Crippen molar-refractivity contribution in [3.05, 3.63) is 47.0 Å². The minimum atomic E-state index is -0.165. The summed E-state index contributed by atoms with van der Waals surface area (Å²) in [5, 5.41) is 3.40. The van der Waals surface area contributed by atoms with Crippen LogP contribution in [-0.2, 0) is 16.0 Å². The summed E-state index contributed by atoms with van der Waals surface area (Å²) in [5.41, 5.74) is 1.66. The van der Waals surface area contributed by atoms with Gasteiger partial charge in [-0.3, -0.25) is 9.59 Å². The molecular weight excluding hydrogens is 420 g/mol. The first-order valence-corrected chi connectivity index (χ1v) is 10.5. The third-order valence-electron chi connectivity index (χ3n) is 5.03. The van der Waals surface area contributed by atoms with Gasteiger partial charge in [-0.05, 0) is 49.2 Å². The zero-order chi connectivity index (χ0) is 22.4. The number of amides is 2. The molecule has 0 bridgehead atoms. The van der Waals surface area contributed by atoms with Crippen LogP contribution in [0.3, 0.4) is 0 Å². The van der Waals surface area contributed by atoms with Gasteiger partial charge in [0.15, 0.2) is 11.5 Å². The van der Waals surface area contributed by atoms with Crippen LogP contribution in [0.4, 0.5) is 5.69 Å². The Hall–Kier alpha value is -2.93. The zero-order valence-electron chi connectivity index (χ0n) is 17.9. The van der Waals surface area contributed by atoms with E-state index in [2.05, 4.69) is 5.32 Å². The van der Waals surface area contributed by atoms with Crippen molar-refractivity contribution < 1.29 is 23.8 Å². The Morgan fingerprint density at radius 2 is 1.90 bits per heavy atom. The van der Waals surface area contributed by atoms with Crippen LogP contribution in [0.25, 0.3) is 0 Å². The van der Waals surface area contributed by atoms with Gasteiger partial charge in [-0.1, -0.05) is 17.7 Å². The molecular formula is C23H27ClN2O5. The normalized spacial score (nSPS) is 15.0. The molecule has 31 heavy (non-hydrogen) atoms. The van der Waals surface area contributed by atoms with Crippen molar-refractivity contribution in [3.8, 4) is 17.2 Å². The SMILES string of the molecule is COc1ccc(CCNC(=O)CCC(=O)N2C[C@@H](C)Oc3ccc(Cl)cc32)cc1OC. The molecule has 3 rings (SSSR count). The molecule has 0 saturated heterocycles. The van der Waals surface area contributed by atoms with Crippen molar-refractivity contribution >= 4 is 29.1 Å². The van der Waals surface area contributed by atoms with Gasteiger partial charge in [0.25, 0.3) is 0 Å². The fourth-order valence-corrected chi connectivity index (χ4v) is 3.64. The molecule has 0 aromatic heterocycles. The van der Waals surface area contributed by atoms with Crippen LogP contribution < -0.4 is 24.4 Å². The number of carbonyl (C=O) groups is 2. The minimum absolute atomic E-state index is 0.112. The Kier molecular flexibility index (Phi) is 7.63. The molecule has 166 valence electrons. The van der Waals surface area contributed by atoms with E-state index in [4.69, 9.17) is 25.8 Å². The van der Waals surface area contributed by atoms with E-state index in [-0.39, 0.29) is 30.8 Å². The Morgan fingerprint density at radius 1 is 1.13 bits per heavy atom. The molecule has 1 aliphatic rings. The topological polar surface area (TPSA) is 77.1 Å². The summed E-state index contributed by atoms with van der Waals surface area (Å²) in [4.78, 5) is 26.7. The molecule has 0 fully saturated rings. The van der Waals surface area contributed by atoms with Crippen molar-refractivity contribution in [1.29, 1.82) is 0 Å². The van der Waals surface area contributed by atoms with E-state index in [0.717, 1.165) is 5.56 Å². The Bertz CT molecular complexity index is 950. The van der Waals surface area contributed by atoms with E-state index in [0.29, 0.717) is 47.5 Å². The maximum absolute atomic E-state index is 12.8. The molecule has 0 saturated carbocycles. The van der Waals surface area contributed by atoms with Crippen LogP contribution in [0.5, 0.6) is 17.2 Å². The number of halogens is 1. The standard InChI is InChI=1S/C23H27ClN2O5/c1-15-14-26(18-13-17(24)5-7-19(18)31-15)23(28)9-8-22(27)25-11-10-16-4-6-20(29-2)21(12-16)30-3/h4-7,12-13,15H,8-11,14H2,1-3H3,(H,25,27)/t15-/m1/s1. The fourth-order valence-electron chi connectivity index (χ4n) is 3.47. The molecule has 1 heterocycles. The molecule has 0 radical (unpaired) electrons. The van der Waals surface area contributed by atoms with Gasteiger partial charge >= 0.3 is 0 Å². The lowest BCUT2D eigenvalue weighted by Crippen LogP contribution is -2.42. The first-order valence-electron chi connectivity index (χ1n) is 10.2. The van der Waals surface area contributed by atoms with E-state index in [1.54, 1.807) is 37.3 Å². The van der Waals surface area contributed by atoms with Crippen molar-refractivity contribution in [3.63, 3.8) is 0 Å². The van der Waals surface area contributed by atoms with E-state index in [1.165, 1.54) is 0 Å². The highest BCUT2D eigenvalue weighted by Gasteiger charge is 2.27. The second-order valence-electron chi connectivity index (χ2n) is 7.33. The Labute approximate surface area is 187 Å². The Morgan fingerprint density at radius 3 is 2.65 bits per heavy atom. The number of methoxy groups -OCH3 is 2. The first-order chi connectivity index (χ1) is 14.9. The highest BCUT2D eigenvalue weighted by molar-refractivity contribution is 6.31. The molecule has 7 nitrogen and oxygen atoms in total. The summed E-state index contributed by atoms with van der Waals surface area (Å²) < 4.78 is 16.3. The first kappa shape index (κ1) is 22.7. The molecule has 8 heteroatoms. The van der Waals surface area contributed by atoms with E-state index >= 15 is 0 Å². The smallest absolute Gasteiger partial charge is 0.227 e. The lowest BCUT2D eigenvalue weighted by atomic mass is 10.1. The van der Waals surface area contributed by atoms with E-state index in [9.17, 15) is 9.59 Å². The quantitative estimate of drug-likeness (QED) is 0.670. The van der Waals surface area contributed by atoms with Gasteiger partial charge < -0.3 is 24.4 Å². The van der Waals surface area contributed by atoms with Gasteiger partial charge in [0.1, 0.15) is 11.9 Å². The van der Waals surface area contributed by atoms with Crippen molar-refractivity contribution in [2.45, 2.75) is 32.3 Å². The summed E-state index contributed by atoms with van der Waals surface area (Å²) in [6.07, 6.45) is 0.744. The summed E-state index contributed by atoms with van der Waals surface area (Å²) in [6, 6.07) is 10.9. The lowest BCUT2D eigenvalue weighted by molar-refractivity contribution is -0.125.